The van der Waals surface area contributed by atoms with E-state index >= 15 is 0 Å². The SMILES string of the molecule is COC(=O)c1ccccc1[S@@](=O)c1cccc2cccc(CO)c12. The van der Waals surface area contributed by atoms with Crippen LogP contribution in [-0.4, -0.2) is 22.4 Å². The van der Waals surface area contributed by atoms with E-state index in [0.29, 0.717) is 15.4 Å². The van der Waals surface area contributed by atoms with E-state index in [9.17, 15) is 14.1 Å². The highest BCUT2D eigenvalue weighted by molar-refractivity contribution is 7.85. The van der Waals surface area contributed by atoms with E-state index in [0.717, 1.165) is 10.8 Å². The van der Waals surface area contributed by atoms with Gasteiger partial charge in [-0.05, 0) is 29.1 Å². The number of hydrogen-bond acceptors (Lipinski definition) is 4. The van der Waals surface area contributed by atoms with Crippen molar-refractivity contribution in [3.63, 3.8) is 0 Å². The average molecular weight is 340 g/mol. The Balaban J connectivity index is 2.23. The molecule has 0 fully saturated rings. The summed E-state index contributed by atoms with van der Waals surface area (Å²) in [6, 6.07) is 17.7. The molecule has 4 nitrogen and oxygen atoms in total. The van der Waals surface area contributed by atoms with Crippen LogP contribution in [0.4, 0.5) is 0 Å². The lowest BCUT2D eigenvalue weighted by Crippen LogP contribution is -2.07. The van der Waals surface area contributed by atoms with Crippen LogP contribution in [0.25, 0.3) is 10.8 Å². The number of rotatable bonds is 4. The fourth-order valence-electron chi connectivity index (χ4n) is 2.69. The number of aliphatic hydroxyl groups is 1. The first-order valence-electron chi connectivity index (χ1n) is 7.38. The molecule has 0 spiro atoms. The molecule has 122 valence electrons. The molecule has 0 bridgehead atoms. The number of hydrogen-bond donors (Lipinski definition) is 1. The van der Waals surface area contributed by atoms with E-state index in [2.05, 4.69) is 0 Å². The minimum atomic E-state index is -1.58. The number of carbonyl (C=O) groups excluding carboxylic acids is 1. The lowest BCUT2D eigenvalue weighted by Gasteiger charge is -2.12. The quantitative estimate of drug-likeness (QED) is 0.740. The lowest BCUT2D eigenvalue weighted by atomic mass is 10.1. The molecule has 3 aromatic carbocycles. The van der Waals surface area contributed by atoms with E-state index in [-0.39, 0.29) is 12.2 Å². The molecule has 3 rings (SSSR count). The van der Waals surface area contributed by atoms with Crippen LogP contribution in [0.15, 0.2) is 70.5 Å². The van der Waals surface area contributed by atoms with Gasteiger partial charge in [0.05, 0.1) is 39.9 Å². The van der Waals surface area contributed by atoms with Crippen molar-refractivity contribution in [2.24, 2.45) is 0 Å². The Bertz CT molecular complexity index is 928. The van der Waals surface area contributed by atoms with Crippen LogP contribution in [0.2, 0.25) is 0 Å². The molecule has 0 amide bonds. The second-order valence-electron chi connectivity index (χ2n) is 5.19. The normalized spacial score (nSPS) is 12.1. The molecule has 1 N–H and O–H groups in total. The number of methoxy groups -OCH3 is 1. The Hall–Kier alpha value is -2.50. The second-order valence-corrected chi connectivity index (χ2v) is 6.60. The molecule has 0 heterocycles. The Labute approximate surface area is 142 Å². The van der Waals surface area contributed by atoms with E-state index in [1.54, 1.807) is 36.4 Å². The van der Waals surface area contributed by atoms with Crippen LogP contribution in [0.3, 0.4) is 0 Å². The van der Waals surface area contributed by atoms with Gasteiger partial charge in [-0.3, -0.25) is 0 Å². The summed E-state index contributed by atoms with van der Waals surface area (Å²) in [6.07, 6.45) is 0. The van der Waals surface area contributed by atoms with Crippen molar-refractivity contribution in [2.75, 3.05) is 7.11 Å². The van der Waals surface area contributed by atoms with Crippen LogP contribution in [0.1, 0.15) is 15.9 Å². The maximum Gasteiger partial charge on any atom is 0.339 e. The highest BCUT2D eigenvalue weighted by Gasteiger charge is 2.19. The topological polar surface area (TPSA) is 63.6 Å². The monoisotopic (exact) mass is 340 g/mol. The summed E-state index contributed by atoms with van der Waals surface area (Å²) >= 11 is 0. The van der Waals surface area contributed by atoms with Crippen molar-refractivity contribution >= 4 is 27.5 Å². The molecule has 0 aliphatic rings. The first-order chi connectivity index (χ1) is 11.7. The summed E-state index contributed by atoms with van der Waals surface area (Å²) in [6.45, 7) is -0.149. The lowest BCUT2D eigenvalue weighted by molar-refractivity contribution is 0.0596. The summed E-state index contributed by atoms with van der Waals surface area (Å²) in [5.41, 5.74) is 0.976. The van der Waals surface area contributed by atoms with Gasteiger partial charge >= 0.3 is 5.97 Å². The Morgan fingerprint density at radius 3 is 2.38 bits per heavy atom. The molecule has 1 atom stereocenters. The molecular weight excluding hydrogens is 324 g/mol. The van der Waals surface area contributed by atoms with Gasteiger partial charge in [0, 0.05) is 5.39 Å². The zero-order valence-electron chi connectivity index (χ0n) is 13.1. The van der Waals surface area contributed by atoms with Gasteiger partial charge in [0.2, 0.25) is 0 Å². The Kier molecular flexibility index (Phi) is 4.74. The minimum Gasteiger partial charge on any atom is -0.465 e. The third kappa shape index (κ3) is 2.84. The number of ether oxygens (including phenoxy) is 1. The standard InChI is InChI=1S/C19H16O4S/c1-23-19(21)15-9-2-3-10-16(15)24(22)17-11-5-7-13-6-4-8-14(12-20)18(13)17/h2-11,20H,12H2,1H3/t24-/m1/s1. The molecule has 5 heteroatoms. The molecule has 0 saturated carbocycles. The zero-order chi connectivity index (χ0) is 17.1. The molecule has 3 aromatic rings. The Morgan fingerprint density at radius 1 is 1.00 bits per heavy atom. The molecule has 0 aromatic heterocycles. The first-order valence-corrected chi connectivity index (χ1v) is 8.53. The Morgan fingerprint density at radius 2 is 1.67 bits per heavy atom. The van der Waals surface area contributed by atoms with E-state index in [1.807, 2.05) is 24.3 Å². The van der Waals surface area contributed by atoms with Crippen LogP contribution in [0, 0.1) is 0 Å². The first kappa shape index (κ1) is 16.4. The molecule has 24 heavy (non-hydrogen) atoms. The van der Waals surface area contributed by atoms with E-state index in [4.69, 9.17) is 4.74 Å². The highest BCUT2D eigenvalue weighted by Crippen LogP contribution is 2.30. The smallest absolute Gasteiger partial charge is 0.339 e. The summed E-state index contributed by atoms with van der Waals surface area (Å²) in [5, 5.41) is 11.3. The third-order valence-corrected chi connectivity index (χ3v) is 5.31. The number of carbonyl (C=O) groups is 1. The fraction of sp³-hybridized carbons (Fsp3) is 0.105. The third-order valence-electron chi connectivity index (χ3n) is 3.81. The predicted molar refractivity (Wildman–Crippen MR) is 92.3 cm³/mol. The molecule has 0 radical (unpaired) electrons. The molecular formula is C19H16O4S. The molecule has 0 aliphatic heterocycles. The van der Waals surface area contributed by atoms with Crippen molar-refractivity contribution < 1.29 is 18.8 Å². The second kappa shape index (κ2) is 6.95. The summed E-state index contributed by atoms with van der Waals surface area (Å²) in [4.78, 5) is 12.9. The summed E-state index contributed by atoms with van der Waals surface area (Å²) in [5.74, 6) is -0.526. The summed E-state index contributed by atoms with van der Waals surface area (Å²) in [7, 11) is -0.283. The van der Waals surface area contributed by atoms with Crippen LogP contribution in [0.5, 0.6) is 0 Å². The fourth-order valence-corrected chi connectivity index (χ4v) is 4.12. The van der Waals surface area contributed by atoms with Gasteiger partial charge in [-0.25, -0.2) is 9.00 Å². The number of esters is 1. The van der Waals surface area contributed by atoms with Gasteiger partial charge in [0.15, 0.2) is 0 Å². The van der Waals surface area contributed by atoms with Crippen LogP contribution in [-0.2, 0) is 22.1 Å². The van der Waals surface area contributed by atoms with Gasteiger partial charge in [-0.1, -0.05) is 42.5 Å². The largest absolute Gasteiger partial charge is 0.465 e. The highest BCUT2D eigenvalue weighted by atomic mass is 32.2. The summed E-state index contributed by atoms with van der Waals surface area (Å²) < 4.78 is 18.0. The number of benzene rings is 3. The maximum atomic E-state index is 13.2. The van der Waals surface area contributed by atoms with Gasteiger partial charge in [-0.15, -0.1) is 0 Å². The average Bonchev–Trinajstić information content (AvgIpc) is 2.65. The number of fused-ring (bicyclic) bond motifs is 1. The van der Waals surface area contributed by atoms with Gasteiger partial charge < -0.3 is 9.84 Å². The minimum absolute atomic E-state index is 0.149. The van der Waals surface area contributed by atoms with Gasteiger partial charge in [-0.2, -0.15) is 0 Å². The van der Waals surface area contributed by atoms with Gasteiger partial charge in [0.1, 0.15) is 0 Å². The van der Waals surface area contributed by atoms with Gasteiger partial charge in [0.25, 0.3) is 0 Å². The predicted octanol–water partition coefficient (Wildman–Crippen LogP) is 3.29. The zero-order valence-corrected chi connectivity index (χ0v) is 13.9. The van der Waals surface area contributed by atoms with E-state index < -0.39 is 16.8 Å². The van der Waals surface area contributed by atoms with Crippen LogP contribution >= 0.6 is 0 Å². The number of aliphatic hydroxyl groups excluding tert-OH is 1. The van der Waals surface area contributed by atoms with Crippen LogP contribution < -0.4 is 0 Å². The van der Waals surface area contributed by atoms with Crippen molar-refractivity contribution in [3.8, 4) is 0 Å². The van der Waals surface area contributed by atoms with E-state index in [1.165, 1.54) is 7.11 Å². The van der Waals surface area contributed by atoms with Crippen molar-refractivity contribution in [1.29, 1.82) is 0 Å². The van der Waals surface area contributed by atoms with Crippen molar-refractivity contribution in [1.82, 2.24) is 0 Å². The van der Waals surface area contributed by atoms with Crippen molar-refractivity contribution in [3.05, 3.63) is 71.8 Å². The van der Waals surface area contributed by atoms with Crippen molar-refractivity contribution in [2.45, 2.75) is 16.4 Å². The molecule has 0 saturated heterocycles. The molecule has 0 unspecified atom stereocenters. The maximum absolute atomic E-state index is 13.2. The molecule has 0 aliphatic carbocycles.